The van der Waals surface area contributed by atoms with Crippen LogP contribution < -0.4 is 11.3 Å². The van der Waals surface area contributed by atoms with Crippen LogP contribution in [-0.2, 0) is 0 Å². The maximum absolute atomic E-state index is 5.66. The predicted octanol–water partition coefficient (Wildman–Crippen LogP) is 1.95. The van der Waals surface area contributed by atoms with E-state index in [1.165, 1.54) is 0 Å². The largest absolute Gasteiger partial charge is 0.271 e. The molecule has 0 aliphatic carbocycles. The van der Waals surface area contributed by atoms with E-state index in [0.717, 1.165) is 28.1 Å². The summed E-state index contributed by atoms with van der Waals surface area (Å²) in [7, 11) is 0. The fourth-order valence-corrected chi connectivity index (χ4v) is 2.01. The molecule has 18 heavy (non-hydrogen) atoms. The fourth-order valence-electron chi connectivity index (χ4n) is 2.01. The van der Waals surface area contributed by atoms with Crippen molar-refractivity contribution >= 4 is 0 Å². The molecule has 4 heteroatoms. The van der Waals surface area contributed by atoms with Gasteiger partial charge in [-0.05, 0) is 43.5 Å². The summed E-state index contributed by atoms with van der Waals surface area (Å²) in [5.41, 5.74) is 8.03. The molecule has 4 nitrogen and oxygen atoms in total. The summed E-state index contributed by atoms with van der Waals surface area (Å²) < 4.78 is 0. The van der Waals surface area contributed by atoms with Crippen LogP contribution in [0.3, 0.4) is 0 Å². The van der Waals surface area contributed by atoms with Gasteiger partial charge in [-0.25, -0.2) is 5.43 Å². The molecular weight excluding hydrogens is 224 g/mol. The SMILES string of the molecule is Cc1cnc(C(NN)c2ccc(C)nc2)c(C)c1. The van der Waals surface area contributed by atoms with Gasteiger partial charge in [-0.3, -0.25) is 15.8 Å². The van der Waals surface area contributed by atoms with Crippen molar-refractivity contribution in [1.29, 1.82) is 0 Å². The zero-order chi connectivity index (χ0) is 13.1. The van der Waals surface area contributed by atoms with Gasteiger partial charge in [0, 0.05) is 18.1 Å². The molecule has 1 atom stereocenters. The minimum absolute atomic E-state index is 0.126. The van der Waals surface area contributed by atoms with Crippen molar-refractivity contribution in [2.24, 2.45) is 5.84 Å². The van der Waals surface area contributed by atoms with Crippen LogP contribution in [0.4, 0.5) is 0 Å². The molecule has 0 bridgehead atoms. The number of rotatable bonds is 3. The Morgan fingerprint density at radius 2 is 1.89 bits per heavy atom. The summed E-state index contributed by atoms with van der Waals surface area (Å²) in [6, 6.07) is 5.98. The number of pyridine rings is 2. The second-order valence-electron chi connectivity index (χ2n) is 4.55. The molecule has 0 amide bonds. The van der Waals surface area contributed by atoms with E-state index in [1.807, 2.05) is 45.3 Å². The van der Waals surface area contributed by atoms with E-state index in [1.54, 1.807) is 0 Å². The van der Waals surface area contributed by atoms with Gasteiger partial charge >= 0.3 is 0 Å². The normalized spacial score (nSPS) is 12.4. The first kappa shape index (κ1) is 12.7. The summed E-state index contributed by atoms with van der Waals surface area (Å²) in [6.07, 6.45) is 3.69. The number of nitrogens with one attached hydrogen (secondary N) is 1. The Labute approximate surface area is 107 Å². The summed E-state index contributed by atoms with van der Waals surface area (Å²) in [5, 5.41) is 0. The smallest absolute Gasteiger partial charge is 0.0898 e. The van der Waals surface area contributed by atoms with Crippen molar-refractivity contribution in [2.45, 2.75) is 26.8 Å². The van der Waals surface area contributed by atoms with E-state index < -0.39 is 0 Å². The molecule has 0 spiro atoms. The molecule has 3 N–H and O–H groups in total. The zero-order valence-electron chi connectivity index (χ0n) is 10.9. The lowest BCUT2D eigenvalue weighted by atomic mass is 10.0. The van der Waals surface area contributed by atoms with Gasteiger partial charge in [0.2, 0.25) is 0 Å². The molecule has 0 aromatic carbocycles. The quantitative estimate of drug-likeness (QED) is 0.638. The first-order valence-electron chi connectivity index (χ1n) is 5.93. The van der Waals surface area contributed by atoms with Gasteiger partial charge in [-0.1, -0.05) is 12.1 Å². The Morgan fingerprint density at radius 3 is 2.44 bits per heavy atom. The molecule has 0 saturated carbocycles. The number of hydrogen-bond acceptors (Lipinski definition) is 4. The van der Waals surface area contributed by atoms with E-state index in [2.05, 4.69) is 21.5 Å². The number of nitrogens with two attached hydrogens (primary N) is 1. The van der Waals surface area contributed by atoms with Crippen molar-refractivity contribution in [3.63, 3.8) is 0 Å². The standard InChI is InChI=1S/C14H18N4/c1-9-6-10(2)13(17-7-9)14(18-15)12-5-4-11(3)16-8-12/h4-8,14,18H,15H2,1-3H3. The Bertz CT molecular complexity index is 534. The van der Waals surface area contributed by atoms with E-state index in [0.29, 0.717) is 0 Å². The van der Waals surface area contributed by atoms with Crippen LogP contribution in [0.25, 0.3) is 0 Å². The molecule has 2 aromatic rings. The summed E-state index contributed by atoms with van der Waals surface area (Å²) in [6.45, 7) is 6.04. The molecule has 94 valence electrons. The number of nitrogens with zero attached hydrogens (tertiary/aromatic N) is 2. The number of aryl methyl sites for hydroxylation is 3. The van der Waals surface area contributed by atoms with E-state index in [9.17, 15) is 0 Å². The van der Waals surface area contributed by atoms with Crippen LogP contribution in [0, 0.1) is 20.8 Å². The third-order valence-corrected chi connectivity index (χ3v) is 2.96. The van der Waals surface area contributed by atoms with Crippen LogP contribution in [-0.4, -0.2) is 9.97 Å². The van der Waals surface area contributed by atoms with Gasteiger partial charge in [0.15, 0.2) is 0 Å². The highest BCUT2D eigenvalue weighted by Gasteiger charge is 2.16. The van der Waals surface area contributed by atoms with Crippen LogP contribution in [0.2, 0.25) is 0 Å². The van der Waals surface area contributed by atoms with Crippen LogP contribution in [0.15, 0.2) is 30.6 Å². The summed E-state index contributed by atoms with van der Waals surface area (Å²) in [4.78, 5) is 8.77. The van der Waals surface area contributed by atoms with Gasteiger partial charge in [-0.15, -0.1) is 0 Å². The van der Waals surface area contributed by atoms with E-state index >= 15 is 0 Å². The third kappa shape index (κ3) is 2.55. The topological polar surface area (TPSA) is 63.8 Å². The monoisotopic (exact) mass is 242 g/mol. The number of aromatic nitrogens is 2. The molecule has 0 aliphatic rings. The van der Waals surface area contributed by atoms with Gasteiger partial charge < -0.3 is 0 Å². The highest BCUT2D eigenvalue weighted by molar-refractivity contribution is 5.32. The van der Waals surface area contributed by atoms with Gasteiger partial charge in [0.25, 0.3) is 0 Å². The molecule has 0 radical (unpaired) electrons. The highest BCUT2D eigenvalue weighted by Crippen LogP contribution is 2.22. The molecule has 0 aliphatic heterocycles. The van der Waals surface area contributed by atoms with Gasteiger partial charge in [0.1, 0.15) is 0 Å². The first-order chi connectivity index (χ1) is 8.61. The Balaban J connectivity index is 2.41. The third-order valence-electron chi connectivity index (χ3n) is 2.96. The van der Waals surface area contributed by atoms with Crippen LogP contribution >= 0.6 is 0 Å². The number of hydrazine groups is 1. The fraction of sp³-hybridized carbons (Fsp3) is 0.286. The van der Waals surface area contributed by atoms with Crippen molar-refractivity contribution in [2.75, 3.05) is 0 Å². The van der Waals surface area contributed by atoms with Crippen molar-refractivity contribution < 1.29 is 0 Å². The van der Waals surface area contributed by atoms with Crippen LogP contribution in [0.5, 0.6) is 0 Å². The minimum Gasteiger partial charge on any atom is -0.271 e. The van der Waals surface area contributed by atoms with Gasteiger partial charge in [-0.2, -0.15) is 0 Å². The van der Waals surface area contributed by atoms with Crippen molar-refractivity contribution in [1.82, 2.24) is 15.4 Å². The molecule has 2 heterocycles. The average Bonchev–Trinajstić information content (AvgIpc) is 2.35. The Kier molecular flexibility index (Phi) is 3.69. The molecule has 2 rings (SSSR count). The summed E-state index contributed by atoms with van der Waals surface area (Å²) in [5.74, 6) is 5.66. The highest BCUT2D eigenvalue weighted by atomic mass is 15.2. The zero-order valence-corrected chi connectivity index (χ0v) is 10.9. The van der Waals surface area contributed by atoms with Crippen molar-refractivity contribution in [3.8, 4) is 0 Å². The molecular formula is C14H18N4. The second kappa shape index (κ2) is 5.25. The molecule has 2 aromatic heterocycles. The average molecular weight is 242 g/mol. The van der Waals surface area contributed by atoms with E-state index in [-0.39, 0.29) is 6.04 Å². The second-order valence-corrected chi connectivity index (χ2v) is 4.55. The van der Waals surface area contributed by atoms with Crippen molar-refractivity contribution in [3.05, 3.63) is 58.7 Å². The molecule has 0 saturated heterocycles. The first-order valence-corrected chi connectivity index (χ1v) is 5.93. The predicted molar refractivity (Wildman–Crippen MR) is 71.9 cm³/mol. The summed E-state index contributed by atoms with van der Waals surface area (Å²) >= 11 is 0. The Morgan fingerprint density at radius 1 is 1.11 bits per heavy atom. The lowest BCUT2D eigenvalue weighted by Gasteiger charge is -2.18. The number of hydrogen-bond donors (Lipinski definition) is 2. The maximum atomic E-state index is 5.66. The van der Waals surface area contributed by atoms with Gasteiger partial charge in [0.05, 0.1) is 11.7 Å². The van der Waals surface area contributed by atoms with E-state index in [4.69, 9.17) is 5.84 Å². The lowest BCUT2D eigenvalue weighted by Crippen LogP contribution is -2.30. The molecule has 1 unspecified atom stereocenters. The molecule has 0 fully saturated rings. The lowest BCUT2D eigenvalue weighted by molar-refractivity contribution is 0.614. The Hall–Kier alpha value is -1.78. The maximum Gasteiger partial charge on any atom is 0.0898 e. The minimum atomic E-state index is -0.126. The van der Waals surface area contributed by atoms with Crippen LogP contribution in [0.1, 0.15) is 34.1 Å².